The van der Waals surface area contributed by atoms with E-state index in [1.165, 1.54) is 16.6 Å². The zero-order valence-electron chi connectivity index (χ0n) is 17.7. The van der Waals surface area contributed by atoms with Gasteiger partial charge >= 0.3 is 0 Å². The number of anilines is 1. The molecule has 2 aliphatic heterocycles. The van der Waals surface area contributed by atoms with Crippen molar-refractivity contribution in [2.75, 3.05) is 37.7 Å². The van der Waals surface area contributed by atoms with Crippen molar-refractivity contribution in [3.63, 3.8) is 0 Å². The zero-order chi connectivity index (χ0) is 20.5. The maximum absolute atomic E-state index is 5.61. The first-order chi connectivity index (χ1) is 14.7. The number of rotatable bonds is 4. The zero-order valence-corrected chi connectivity index (χ0v) is 17.7. The Bertz CT molecular complexity index is 1090. The van der Waals surface area contributed by atoms with Crippen LogP contribution in [0.25, 0.3) is 10.9 Å². The highest BCUT2D eigenvalue weighted by Crippen LogP contribution is 2.31. The van der Waals surface area contributed by atoms with Gasteiger partial charge in [-0.15, -0.1) is 0 Å². The van der Waals surface area contributed by atoms with Crippen LogP contribution in [0, 0.1) is 6.92 Å². The van der Waals surface area contributed by atoms with Gasteiger partial charge < -0.3 is 9.64 Å². The van der Waals surface area contributed by atoms with Gasteiger partial charge in [-0.3, -0.25) is 14.9 Å². The van der Waals surface area contributed by atoms with Crippen molar-refractivity contribution in [1.82, 2.24) is 9.88 Å². The van der Waals surface area contributed by atoms with Crippen LogP contribution in [0.5, 0.6) is 5.75 Å². The van der Waals surface area contributed by atoms with Crippen LogP contribution in [0.2, 0.25) is 0 Å². The summed E-state index contributed by atoms with van der Waals surface area (Å²) in [5.74, 6) is 0.892. The van der Waals surface area contributed by atoms with Crippen LogP contribution in [-0.2, 0) is 6.42 Å². The molecular formula is C25H28N4O. The second-order valence-electron chi connectivity index (χ2n) is 8.30. The minimum atomic E-state index is 0.506. The second-order valence-corrected chi connectivity index (χ2v) is 8.30. The Morgan fingerprint density at radius 1 is 1.10 bits per heavy atom. The van der Waals surface area contributed by atoms with Crippen molar-refractivity contribution in [2.45, 2.75) is 26.3 Å². The number of pyridine rings is 1. The maximum Gasteiger partial charge on any atom is 0.145 e. The molecule has 30 heavy (non-hydrogen) atoms. The van der Waals surface area contributed by atoms with Gasteiger partial charge in [-0.2, -0.15) is 0 Å². The Morgan fingerprint density at radius 2 is 2.03 bits per heavy atom. The molecule has 0 aliphatic carbocycles. The van der Waals surface area contributed by atoms with Gasteiger partial charge in [-0.1, -0.05) is 12.1 Å². The molecule has 5 rings (SSSR count). The molecule has 1 aromatic heterocycles. The summed E-state index contributed by atoms with van der Waals surface area (Å²) in [5, 5.41) is 1.25. The first kappa shape index (κ1) is 19.1. The highest BCUT2D eigenvalue weighted by Gasteiger charge is 2.24. The molecule has 1 atom stereocenters. The van der Waals surface area contributed by atoms with Gasteiger partial charge in [0.15, 0.2) is 0 Å². The average Bonchev–Trinajstić information content (AvgIpc) is 2.77. The van der Waals surface area contributed by atoms with E-state index in [0.717, 1.165) is 55.2 Å². The van der Waals surface area contributed by atoms with E-state index in [-0.39, 0.29) is 0 Å². The fraction of sp³-hybridized carbons (Fsp3) is 0.360. The second kappa shape index (κ2) is 8.07. The third kappa shape index (κ3) is 3.77. The predicted octanol–water partition coefficient (Wildman–Crippen LogP) is 4.39. The lowest BCUT2D eigenvalue weighted by Crippen LogP contribution is -2.52. The number of hydrogen-bond donors (Lipinski definition) is 0. The number of nitrogens with zero attached hydrogens (tertiary/aromatic N) is 4. The molecule has 5 heteroatoms. The largest absolute Gasteiger partial charge is 0.486 e. The van der Waals surface area contributed by atoms with E-state index in [9.17, 15) is 0 Å². The summed E-state index contributed by atoms with van der Waals surface area (Å²) < 4.78 is 5.61. The number of aryl methyl sites for hydroxylation is 1. The maximum atomic E-state index is 5.61. The minimum Gasteiger partial charge on any atom is -0.486 e. The van der Waals surface area contributed by atoms with Crippen LogP contribution in [-0.4, -0.2) is 54.9 Å². The van der Waals surface area contributed by atoms with Gasteiger partial charge in [0, 0.05) is 55.2 Å². The normalized spacial score (nSPS) is 19.0. The Hall–Kier alpha value is -2.92. The minimum absolute atomic E-state index is 0.506. The number of fused-ring (bicyclic) bond motifs is 2. The summed E-state index contributed by atoms with van der Waals surface area (Å²) in [5.41, 5.74) is 5.73. The molecule has 0 bridgehead atoms. The Balaban J connectivity index is 1.25. The number of aliphatic imine (C=N–C) groups is 1. The summed E-state index contributed by atoms with van der Waals surface area (Å²) in [6.45, 7) is 9.17. The van der Waals surface area contributed by atoms with Crippen molar-refractivity contribution in [3.05, 3.63) is 59.8 Å². The van der Waals surface area contributed by atoms with Crippen molar-refractivity contribution in [1.29, 1.82) is 0 Å². The van der Waals surface area contributed by atoms with Crippen molar-refractivity contribution in [3.8, 4) is 5.75 Å². The Morgan fingerprint density at radius 3 is 2.93 bits per heavy atom. The van der Waals surface area contributed by atoms with Crippen LogP contribution in [0.4, 0.5) is 11.4 Å². The average molecular weight is 401 g/mol. The highest BCUT2D eigenvalue weighted by atomic mass is 16.5. The smallest absolute Gasteiger partial charge is 0.145 e. The van der Waals surface area contributed by atoms with E-state index in [2.05, 4.69) is 77.2 Å². The summed E-state index contributed by atoms with van der Waals surface area (Å²) >= 11 is 0. The molecule has 0 spiro atoms. The van der Waals surface area contributed by atoms with Crippen LogP contribution >= 0.6 is 0 Å². The first-order valence-electron chi connectivity index (χ1n) is 10.8. The van der Waals surface area contributed by atoms with Gasteiger partial charge in [-0.25, -0.2) is 0 Å². The summed E-state index contributed by atoms with van der Waals surface area (Å²) in [6, 6.07) is 17.7. The van der Waals surface area contributed by atoms with Gasteiger partial charge in [0.2, 0.25) is 0 Å². The lowest BCUT2D eigenvalue weighted by Gasteiger charge is -2.41. The summed E-state index contributed by atoms with van der Waals surface area (Å²) in [6.07, 6.45) is 2.86. The molecule has 1 fully saturated rings. The van der Waals surface area contributed by atoms with Crippen LogP contribution < -0.4 is 9.64 Å². The number of hydrogen-bond acceptors (Lipinski definition) is 5. The SMILES string of the molecule is Cc1ccc2c(N3CCN(CCc4ccc5c(c4)N=CCO5)[C@@H](C)C3)cccc2n1. The molecule has 1 saturated heterocycles. The van der Waals surface area contributed by atoms with Crippen molar-refractivity contribution in [2.24, 2.45) is 4.99 Å². The molecule has 3 aromatic rings. The van der Waals surface area contributed by atoms with E-state index in [0.29, 0.717) is 12.6 Å². The van der Waals surface area contributed by atoms with Gasteiger partial charge in [-0.05, 0) is 62.2 Å². The predicted molar refractivity (Wildman–Crippen MR) is 124 cm³/mol. The van der Waals surface area contributed by atoms with Crippen LogP contribution in [0.3, 0.4) is 0 Å². The topological polar surface area (TPSA) is 41.0 Å². The quantitative estimate of drug-likeness (QED) is 0.651. The molecular weight excluding hydrogens is 372 g/mol. The number of ether oxygens (including phenoxy) is 1. The molecule has 3 heterocycles. The Labute approximate surface area is 178 Å². The highest BCUT2D eigenvalue weighted by molar-refractivity contribution is 5.92. The van der Waals surface area contributed by atoms with Crippen LogP contribution in [0.1, 0.15) is 18.2 Å². The number of piperazine rings is 1. The fourth-order valence-corrected chi connectivity index (χ4v) is 4.54. The molecule has 154 valence electrons. The number of aromatic nitrogens is 1. The van der Waals surface area contributed by atoms with E-state index < -0.39 is 0 Å². The van der Waals surface area contributed by atoms with Gasteiger partial charge in [0.05, 0.1) is 5.52 Å². The van der Waals surface area contributed by atoms with E-state index in [1.807, 2.05) is 6.21 Å². The lowest BCUT2D eigenvalue weighted by atomic mass is 10.1. The van der Waals surface area contributed by atoms with Gasteiger partial charge in [0.25, 0.3) is 0 Å². The van der Waals surface area contributed by atoms with Crippen molar-refractivity contribution < 1.29 is 4.74 Å². The standard InChI is InChI=1S/C25H28N4O/c1-18-6-8-21-22(27-18)4-3-5-24(21)29-14-13-28(19(2)17-29)12-10-20-7-9-25-23(16-20)26-11-15-30-25/h3-9,11,16,19H,10,12-15,17H2,1-2H3/t19-/m0/s1. The summed E-state index contributed by atoms with van der Waals surface area (Å²) in [4.78, 5) is 14.3. The third-order valence-corrected chi connectivity index (χ3v) is 6.21. The monoisotopic (exact) mass is 400 g/mol. The van der Waals surface area contributed by atoms with E-state index in [4.69, 9.17) is 9.72 Å². The molecule has 0 N–H and O–H groups in total. The molecule has 0 saturated carbocycles. The molecule has 2 aromatic carbocycles. The molecule has 2 aliphatic rings. The van der Waals surface area contributed by atoms with Crippen molar-refractivity contribution >= 4 is 28.5 Å². The molecule has 0 amide bonds. The molecule has 0 radical (unpaired) electrons. The number of benzene rings is 2. The van der Waals surface area contributed by atoms with E-state index >= 15 is 0 Å². The van der Waals surface area contributed by atoms with Crippen LogP contribution in [0.15, 0.2) is 53.5 Å². The summed E-state index contributed by atoms with van der Waals surface area (Å²) in [7, 11) is 0. The molecule has 0 unspecified atom stereocenters. The fourth-order valence-electron chi connectivity index (χ4n) is 4.54. The van der Waals surface area contributed by atoms with Gasteiger partial charge in [0.1, 0.15) is 18.0 Å². The third-order valence-electron chi connectivity index (χ3n) is 6.21. The first-order valence-corrected chi connectivity index (χ1v) is 10.8. The Kier molecular flexibility index (Phi) is 5.13. The molecule has 5 nitrogen and oxygen atoms in total. The lowest BCUT2D eigenvalue weighted by molar-refractivity contribution is 0.192. The van der Waals surface area contributed by atoms with E-state index in [1.54, 1.807) is 0 Å².